The van der Waals surface area contributed by atoms with Gasteiger partial charge >= 0.3 is 0 Å². The van der Waals surface area contributed by atoms with Gasteiger partial charge in [0.05, 0.1) is 30.5 Å². The van der Waals surface area contributed by atoms with Gasteiger partial charge in [0, 0.05) is 24.4 Å². The lowest BCUT2D eigenvalue weighted by atomic mass is 10.2. The Hall–Kier alpha value is -0.490. The first-order valence-corrected chi connectivity index (χ1v) is 6.70. The van der Waals surface area contributed by atoms with Crippen LogP contribution in [0.2, 0.25) is 0 Å². The molecule has 98 valence electrons. The number of ether oxygens (including phenoxy) is 2. The van der Waals surface area contributed by atoms with Gasteiger partial charge in [-0.3, -0.25) is 0 Å². The molecular formula is C12H22N2O2S. The zero-order valence-corrected chi connectivity index (χ0v) is 11.9. The summed E-state index contributed by atoms with van der Waals surface area (Å²) in [4.78, 5) is 5.88. The molecule has 1 N–H and O–H groups in total. The molecule has 0 aliphatic rings. The first kappa shape index (κ1) is 14.6. The molecule has 0 radical (unpaired) electrons. The lowest BCUT2D eigenvalue weighted by molar-refractivity contribution is 0.0722. The molecule has 0 saturated carbocycles. The van der Waals surface area contributed by atoms with Crippen molar-refractivity contribution < 1.29 is 9.47 Å². The van der Waals surface area contributed by atoms with Gasteiger partial charge < -0.3 is 14.8 Å². The normalized spacial score (nSPS) is 12.9. The van der Waals surface area contributed by atoms with Crippen molar-refractivity contribution in [3.63, 3.8) is 0 Å². The van der Waals surface area contributed by atoms with Crippen molar-refractivity contribution >= 4 is 11.3 Å². The number of nitrogens with zero attached hydrogens (tertiary/aromatic N) is 1. The Morgan fingerprint density at radius 2 is 2.12 bits per heavy atom. The Labute approximate surface area is 107 Å². The fraction of sp³-hybridized carbons (Fsp3) is 0.750. The van der Waals surface area contributed by atoms with Crippen LogP contribution in [0.15, 0.2) is 0 Å². The average Bonchev–Trinajstić information content (AvgIpc) is 2.69. The van der Waals surface area contributed by atoms with E-state index < -0.39 is 0 Å². The Morgan fingerprint density at radius 1 is 1.35 bits per heavy atom. The van der Waals surface area contributed by atoms with E-state index in [1.165, 1.54) is 4.88 Å². The van der Waals surface area contributed by atoms with E-state index in [-0.39, 0.29) is 0 Å². The predicted octanol–water partition coefficient (Wildman–Crippen LogP) is 1.94. The molecule has 1 aromatic rings. The van der Waals surface area contributed by atoms with Gasteiger partial charge in [-0.1, -0.05) is 0 Å². The second-order valence-corrected chi connectivity index (χ2v) is 5.04. The third-order valence-electron chi connectivity index (χ3n) is 2.60. The zero-order chi connectivity index (χ0) is 12.7. The SMILES string of the molecule is CNC(C)c1sc(CCOCCOC)nc1C. The maximum atomic E-state index is 5.44. The number of thiazole rings is 1. The molecule has 5 heteroatoms. The van der Waals surface area contributed by atoms with Crippen LogP contribution in [-0.4, -0.2) is 39.0 Å². The predicted molar refractivity (Wildman–Crippen MR) is 70.7 cm³/mol. The number of aryl methyl sites for hydroxylation is 1. The molecule has 1 atom stereocenters. The number of aromatic nitrogens is 1. The number of hydrogen-bond acceptors (Lipinski definition) is 5. The number of nitrogens with one attached hydrogen (secondary N) is 1. The third kappa shape index (κ3) is 4.71. The molecule has 1 heterocycles. The van der Waals surface area contributed by atoms with Crippen LogP contribution in [0, 0.1) is 6.92 Å². The van der Waals surface area contributed by atoms with Crippen LogP contribution in [0.1, 0.15) is 28.5 Å². The van der Waals surface area contributed by atoms with E-state index in [1.807, 2.05) is 7.05 Å². The van der Waals surface area contributed by atoms with Gasteiger partial charge in [-0.25, -0.2) is 4.98 Å². The summed E-state index contributed by atoms with van der Waals surface area (Å²) in [6.07, 6.45) is 0.881. The second kappa shape index (κ2) is 7.76. The summed E-state index contributed by atoms with van der Waals surface area (Å²) >= 11 is 1.77. The molecule has 0 aliphatic carbocycles. The van der Waals surface area contributed by atoms with Crippen molar-refractivity contribution in [2.24, 2.45) is 0 Å². The average molecular weight is 258 g/mol. The van der Waals surface area contributed by atoms with E-state index in [2.05, 4.69) is 24.1 Å². The lowest BCUT2D eigenvalue weighted by Gasteiger charge is -2.07. The van der Waals surface area contributed by atoms with Crippen LogP contribution >= 0.6 is 11.3 Å². The molecule has 17 heavy (non-hydrogen) atoms. The van der Waals surface area contributed by atoms with Crippen molar-refractivity contribution in [3.8, 4) is 0 Å². The Balaban J connectivity index is 2.39. The van der Waals surface area contributed by atoms with Crippen LogP contribution < -0.4 is 5.32 Å². The van der Waals surface area contributed by atoms with Gasteiger partial charge in [-0.2, -0.15) is 0 Å². The summed E-state index contributed by atoms with van der Waals surface area (Å²) in [5, 5.41) is 4.39. The monoisotopic (exact) mass is 258 g/mol. The van der Waals surface area contributed by atoms with E-state index in [0.29, 0.717) is 25.9 Å². The molecule has 1 rings (SSSR count). The summed E-state index contributed by atoms with van der Waals surface area (Å²) in [6, 6.07) is 0.371. The van der Waals surface area contributed by atoms with Crippen molar-refractivity contribution in [1.82, 2.24) is 10.3 Å². The van der Waals surface area contributed by atoms with E-state index in [1.54, 1.807) is 18.4 Å². The maximum Gasteiger partial charge on any atom is 0.0954 e. The largest absolute Gasteiger partial charge is 0.382 e. The summed E-state index contributed by atoms with van der Waals surface area (Å²) in [6.45, 7) is 6.23. The van der Waals surface area contributed by atoms with E-state index >= 15 is 0 Å². The summed E-state index contributed by atoms with van der Waals surface area (Å²) < 4.78 is 10.4. The van der Waals surface area contributed by atoms with Crippen molar-refractivity contribution in [2.45, 2.75) is 26.3 Å². The highest BCUT2D eigenvalue weighted by molar-refractivity contribution is 7.11. The van der Waals surface area contributed by atoms with E-state index in [0.717, 1.165) is 17.1 Å². The van der Waals surface area contributed by atoms with E-state index in [9.17, 15) is 0 Å². The van der Waals surface area contributed by atoms with Crippen molar-refractivity contribution in [3.05, 3.63) is 15.6 Å². The molecular weight excluding hydrogens is 236 g/mol. The summed E-state index contributed by atoms with van der Waals surface area (Å²) in [7, 11) is 3.65. The molecule has 1 aromatic heterocycles. The van der Waals surface area contributed by atoms with Gasteiger partial charge in [0.15, 0.2) is 0 Å². The zero-order valence-electron chi connectivity index (χ0n) is 11.1. The number of hydrogen-bond donors (Lipinski definition) is 1. The molecule has 0 aliphatic heterocycles. The quantitative estimate of drug-likeness (QED) is 0.724. The molecule has 0 aromatic carbocycles. The smallest absolute Gasteiger partial charge is 0.0954 e. The summed E-state index contributed by atoms with van der Waals surface area (Å²) in [5.41, 5.74) is 1.13. The first-order chi connectivity index (χ1) is 8.19. The molecule has 0 fully saturated rings. The van der Waals surface area contributed by atoms with Crippen LogP contribution in [0.3, 0.4) is 0 Å². The van der Waals surface area contributed by atoms with Crippen LogP contribution in [-0.2, 0) is 15.9 Å². The van der Waals surface area contributed by atoms with Gasteiger partial charge in [-0.15, -0.1) is 11.3 Å². The van der Waals surface area contributed by atoms with Crippen LogP contribution in [0.5, 0.6) is 0 Å². The molecule has 0 bridgehead atoms. The highest BCUT2D eigenvalue weighted by Crippen LogP contribution is 2.24. The van der Waals surface area contributed by atoms with Gasteiger partial charge in [-0.05, 0) is 20.9 Å². The highest BCUT2D eigenvalue weighted by atomic mass is 32.1. The molecule has 1 unspecified atom stereocenters. The molecule has 0 saturated heterocycles. The molecule has 4 nitrogen and oxygen atoms in total. The minimum absolute atomic E-state index is 0.371. The van der Waals surface area contributed by atoms with Gasteiger partial charge in [0.25, 0.3) is 0 Å². The van der Waals surface area contributed by atoms with Crippen LogP contribution in [0.4, 0.5) is 0 Å². The van der Waals surface area contributed by atoms with Gasteiger partial charge in [0.2, 0.25) is 0 Å². The topological polar surface area (TPSA) is 43.4 Å². The highest BCUT2D eigenvalue weighted by Gasteiger charge is 2.12. The van der Waals surface area contributed by atoms with Crippen LogP contribution in [0.25, 0.3) is 0 Å². The maximum absolute atomic E-state index is 5.44. The minimum Gasteiger partial charge on any atom is -0.382 e. The molecule has 0 spiro atoms. The third-order valence-corrected chi connectivity index (χ3v) is 4.00. The fourth-order valence-corrected chi connectivity index (χ4v) is 2.62. The summed E-state index contributed by atoms with van der Waals surface area (Å²) in [5.74, 6) is 0. The standard InChI is InChI=1S/C12H22N2O2S/c1-9(13-3)12-10(2)14-11(17-12)5-6-16-8-7-15-4/h9,13H,5-8H2,1-4H3. The Kier molecular flexibility index (Phi) is 6.65. The fourth-order valence-electron chi connectivity index (χ4n) is 1.51. The Morgan fingerprint density at radius 3 is 2.76 bits per heavy atom. The second-order valence-electron chi connectivity index (χ2n) is 3.92. The molecule has 0 amide bonds. The lowest BCUT2D eigenvalue weighted by Crippen LogP contribution is -2.11. The van der Waals surface area contributed by atoms with E-state index in [4.69, 9.17) is 9.47 Å². The minimum atomic E-state index is 0.371. The van der Waals surface area contributed by atoms with Crippen molar-refractivity contribution in [1.29, 1.82) is 0 Å². The van der Waals surface area contributed by atoms with Gasteiger partial charge in [0.1, 0.15) is 0 Å². The number of methoxy groups -OCH3 is 1. The number of rotatable bonds is 8. The Bertz CT molecular complexity index is 328. The first-order valence-electron chi connectivity index (χ1n) is 5.89. The van der Waals surface area contributed by atoms with Crippen molar-refractivity contribution in [2.75, 3.05) is 34.0 Å².